The summed E-state index contributed by atoms with van der Waals surface area (Å²) in [6.07, 6.45) is 3.71. The van der Waals surface area contributed by atoms with Crippen LogP contribution >= 0.6 is 0 Å². The molecule has 0 aliphatic rings. The van der Waals surface area contributed by atoms with Gasteiger partial charge in [-0.1, -0.05) is 91.0 Å². The zero-order chi connectivity index (χ0) is 20.9. The van der Waals surface area contributed by atoms with Crippen LogP contribution in [0.4, 0.5) is 0 Å². The summed E-state index contributed by atoms with van der Waals surface area (Å²) in [5.74, 6) is 0.902. The van der Waals surface area contributed by atoms with Gasteiger partial charge < -0.3 is 8.98 Å². The van der Waals surface area contributed by atoms with Crippen molar-refractivity contribution in [2.75, 3.05) is 0 Å². The molecule has 2 nitrogen and oxygen atoms in total. The second kappa shape index (κ2) is 8.93. The van der Waals surface area contributed by atoms with E-state index in [0.29, 0.717) is 0 Å². The Morgan fingerprint density at radius 2 is 1.26 bits per heavy atom. The quantitative estimate of drug-likeness (QED) is 0.280. The first-order valence-corrected chi connectivity index (χ1v) is 10.8. The normalized spacial score (nSPS) is 11.0. The zero-order valence-electron chi connectivity index (χ0n) is 17.4. The van der Waals surface area contributed by atoms with Crippen molar-refractivity contribution in [3.63, 3.8) is 0 Å². The Hall–Kier alpha value is -3.78. The lowest BCUT2D eigenvalue weighted by Crippen LogP contribution is -2.08. The topological polar surface area (TPSA) is 18.1 Å². The largest absolute Gasteiger partial charge is 0.463 e. The highest BCUT2D eigenvalue weighted by atomic mass is 16.3. The van der Waals surface area contributed by atoms with Gasteiger partial charge in [-0.3, -0.25) is 0 Å². The predicted molar refractivity (Wildman–Crippen MR) is 127 cm³/mol. The van der Waals surface area contributed by atoms with E-state index in [1.165, 1.54) is 27.9 Å². The Bertz CT molecular complexity index is 1220. The van der Waals surface area contributed by atoms with Crippen LogP contribution in [0.1, 0.15) is 16.8 Å². The zero-order valence-corrected chi connectivity index (χ0v) is 17.4. The Morgan fingerprint density at radius 3 is 1.90 bits per heavy atom. The first-order chi connectivity index (χ1) is 15.4. The molecule has 31 heavy (non-hydrogen) atoms. The van der Waals surface area contributed by atoms with Crippen LogP contribution in [-0.2, 0) is 19.4 Å². The molecule has 0 fully saturated rings. The van der Waals surface area contributed by atoms with Gasteiger partial charge in [-0.25, -0.2) is 0 Å². The van der Waals surface area contributed by atoms with Gasteiger partial charge in [0.05, 0.1) is 12.0 Å². The molecule has 0 bridgehead atoms. The average Bonchev–Trinajstić information content (AvgIpc) is 3.48. The summed E-state index contributed by atoms with van der Waals surface area (Å²) in [6, 6.07) is 38.4. The van der Waals surface area contributed by atoms with E-state index >= 15 is 0 Å². The van der Waals surface area contributed by atoms with Gasteiger partial charge in [-0.05, 0) is 47.7 Å². The lowest BCUT2D eigenvalue weighted by atomic mass is 10.0. The summed E-state index contributed by atoms with van der Waals surface area (Å²) in [4.78, 5) is 0. The molecule has 0 N–H and O–H groups in total. The van der Waals surface area contributed by atoms with Gasteiger partial charge in [0.15, 0.2) is 0 Å². The van der Waals surface area contributed by atoms with Crippen molar-refractivity contribution < 1.29 is 4.42 Å². The van der Waals surface area contributed by atoms with E-state index in [0.717, 1.165) is 30.8 Å². The molecule has 0 saturated carbocycles. The van der Waals surface area contributed by atoms with E-state index in [9.17, 15) is 0 Å². The van der Waals surface area contributed by atoms with E-state index in [4.69, 9.17) is 4.42 Å². The molecule has 0 unspecified atom stereocenters. The fourth-order valence-electron chi connectivity index (χ4n) is 4.21. The molecule has 2 heteroatoms. The van der Waals surface area contributed by atoms with Gasteiger partial charge in [-0.15, -0.1) is 0 Å². The van der Waals surface area contributed by atoms with Crippen LogP contribution in [0, 0.1) is 0 Å². The van der Waals surface area contributed by atoms with Gasteiger partial charge in [0.1, 0.15) is 5.76 Å². The third-order valence-electron chi connectivity index (χ3n) is 5.74. The molecule has 5 rings (SSSR count). The summed E-state index contributed by atoms with van der Waals surface area (Å²) in [5, 5.41) is 0. The van der Waals surface area contributed by atoms with Crippen molar-refractivity contribution >= 4 is 0 Å². The fraction of sp³-hybridized carbons (Fsp3) is 0.103. The molecule has 0 aliphatic carbocycles. The van der Waals surface area contributed by atoms with Crippen LogP contribution in [0.3, 0.4) is 0 Å². The summed E-state index contributed by atoms with van der Waals surface area (Å²) >= 11 is 0. The second-order valence-electron chi connectivity index (χ2n) is 7.79. The molecule has 0 aliphatic heterocycles. The summed E-state index contributed by atoms with van der Waals surface area (Å²) in [5.41, 5.74) is 7.62. The van der Waals surface area contributed by atoms with Crippen LogP contribution in [0.25, 0.3) is 22.6 Å². The fourth-order valence-corrected chi connectivity index (χ4v) is 4.21. The van der Waals surface area contributed by atoms with Gasteiger partial charge in [0, 0.05) is 17.8 Å². The number of hydrogen-bond donors (Lipinski definition) is 0. The SMILES string of the molecule is c1ccc(CCc2c(-c3ccccc3)cc(-c3ccco3)n2Cc2ccccc2)cc1. The van der Waals surface area contributed by atoms with Crippen LogP contribution < -0.4 is 0 Å². The van der Waals surface area contributed by atoms with E-state index in [1.807, 2.05) is 12.1 Å². The van der Waals surface area contributed by atoms with Crippen molar-refractivity contribution in [1.29, 1.82) is 0 Å². The summed E-state index contributed by atoms with van der Waals surface area (Å²) < 4.78 is 8.27. The first kappa shape index (κ1) is 19.2. The molecular weight excluding hydrogens is 378 g/mol. The van der Waals surface area contributed by atoms with Gasteiger partial charge in [-0.2, -0.15) is 0 Å². The molecule has 152 valence electrons. The van der Waals surface area contributed by atoms with Gasteiger partial charge in [0.2, 0.25) is 0 Å². The highest BCUT2D eigenvalue weighted by Gasteiger charge is 2.19. The smallest absolute Gasteiger partial charge is 0.150 e. The van der Waals surface area contributed by atoms with Crippen LogP contribution in [0.5, 0.6) is 0 Å². The van der Waals surface area contributed by atoms with Crippen LogP contribution in [0.15, 0.2) is 120 Å². The number of hydrogen-bond acceptors (Lipinski definition) is 1. The minimum absolute atomic E-state index is 0.813. The Kier molecular flexibility index (Phi) is 5.53. The summed E-state index contributed by atoms with van der Waals surface area (Å²) in [6.45, 7) is 0.813. The number of furan rings is 1. The van der Waals surface area contributed by atoms with E-state index < -0.39 is 0 Å². The molecule has 0 atom stereocenters. The lowest BCUT2D eigenvalue weighted by molar-refractivity contribution is 0.573. The van der Waals surface area contributed by atoms with Crippen molar-refractivity contribution in [3.8, 4) is 22.6 Å². The van der Waals surface area contributed by atoms with Crippen LogP contribution in [-0.4, -0.2) is 4.57 Å². The highest BCUT2D eigenvalue weighted by molar-refractivity contribution is 5.73. The standard InChI is InChI=1S/C29H25NO/c1-4-11-23(12-5-1)18-19-27-26(25-15-8-3-9-16-25)21-28(29-17-10-20-31-29)30(27)22-24-13-6-2-7-14-24/h1-17,20-21H,18-19,22H2. The third-order valence-corrected chi connectivity index (χ3v) is 5.74. The molecule has 5 aromatic rings. The van der Waals surface area contributed by atoms with Crippen LogP contribution in [0.2, 0.25) is 0 Å². The van der Waals surface area contributed by atoms with E-state index in [1.54, 1.807) is 6.26 Å². The maximum absolute atomic E-state index is 5.84. The predicted octanol–water partition coefficient (Wildman–Crippen LogP) is 7.25. The molecule has 0 radical (unpaired) electrons. The maximum Gasteiger partial charge on any atom is 0.150 e. The number of aryl methyl sites for hydroxylation is 1. The number of aromatic nitrogens is 1. The van der Waals surface area contributed by atoms with Gasteiger partial charge in [0.25, 0.3) is 0 Å². The third kappa shape index (κ3) is 4.24. The van der Waals surface area contributed by atoms with E-state index in [2.05, 4.69) is 102 Å². The van der Waals surface area contributed by atoms with Crippen molar-refractivity contribution in [2.45, 2.75) is 19.4 Å². The lowest BCUT2D eigenvalue weighted by Gasteiger charge is -2.15. The maximum atomic E-state index is 5.84. The number of nitrogens with zero attached hydrogens (tertiary/aromatic N) is 1. The molecule has 0 spiro atoms. The second-order valence-corrected chi connectivity index (χ2v) is 7.79. The molecule has 3 aromatic carbocycles. The number of rotatable bonds is 7. The van der Waals surface area contributed by atoms with Crippen molar-refractivity contribution in [2.24, 2.45) is 0 Å². The summed E-state index contributed by atoms with van der Waals surface area (Å²) in [7, 11) is 0. The highest BCUT2D eigenvalue weighted by Crippen LogP contribution is 2.34. The van der Waals surface area contributed by atoms with Crippen molar-refractivity contribution in [1.82, 2.24) is 4.57 Å². The Balaban J connectivity index is 1.64. The molecule has 2 heterocycles. The molecule has 0 amide bonds. The minimum atomic E-state index is 0.813. The van der Waals surface area contributed by atoms with Gasteiger partial charge >= 0.3 is 0 Å². The molecular formula is C29H25NO. The average molecular weight is 404 g/mol. The number of benzene rings is 3. The first-order valence-electron chi connectivity index (χ1n) is 10.8. The van der Waals surface area contributed by atoms with E-state index in [-0.39, 0.29) is 0 Å². The minimum Gasteiger partial charge on any atom is -0.463 e. The molecule has 2 aromatic heterocycles. The van der Waals surface area contributed by atoms with Crippen molar-refractivity contribution in [3.05, 3.63) is 132 Å². The Labute approximate surface area is 183 Å². The Morgan fingerprint density at radius 1 is 0.613 bits per heavy atom. The monoisotopic (exact) mass is 403 g/mol. The molecule has 0 saturated heterocycles.